The van der Waals surface area contributed by atoms with Crippen LogP contribution in [0.1, 0.15) is 25.5 Å². The van der Waals surface area contributed by atoms with Gasteiger partial charge in [0.1, 0.15) is 5.52 Å². The van der Waals surface area contributed by atoms with E-state index in [2.05, 4.69) is 15.4 Å². The molecule has 1 N–H and O–H groups in total. The monoisotopic (exact) mass is 306 g/mol. The van der Waals surface area contributed by atoms with Crippen LogP contribution in [0.3, 0.4) is 0 Å². The predicted octanol–water partition coefficient (Wildman–Crippen LogP) is 3.57. The summed E-state index contributed by atoms with van der Waals surface area (Å²) in [7, 11) is 0. The molecule has 0 aliphatic rings. The van der Waals surface area contributed by atoms with Gasteiger partial charge in [0.05, 0.1) is 5.38 Å². The topological polar surface area (TPSA) is 42.2 Å². The molecule has 0 amide bonds. The highest BCUT2D eigenvalue weighted by atomic mass is 35.5. The second-order valence-corrected chi connectivity index (χ2v) is 5.02. The fraction of sp³-hybridized carbons (Fsp3) is 0.500. The number of halogens is 4. The van der Waals surface area contributed by atoms with Gasteiger partial charge in [-0.05, 0) is 6.42 Å². The Morgan fingerprint density at radius 2 is 2.20 bits per heavy atom. The zero-order valence-corrected chi connectivity index (χ0v) is 11.5. The number of hydrogen-bond acceptors (Lipinski definition) is 3. The Morgan fingerprint density at radius 1 is 1.45 bits per heavy atom. The zero-order valence-electron chi connectivity index (χ0n) is 10.8. The Morgan fingerprint density at radius 3 is 2.85 bits per heavy atom. The summed E-state index contributed by atoms with van der Waals surface area (Å²) in [4.78, 5) is 4.04. The van der Waals surface area contributed by atoms with Crippen molar-refractivity contribution in [1.82, 2.24) is 14.6 Å². The molecular weight excluding hydrogens is 293 g/mol. The van der Waals surface area contributed by atoms with Crippen molar-refractivity contribution >= 4 is 22.9 Å². The van der Waals surface area contributed by atoms with Gasteiger partial charge in [0.15, 0.2) is 11.5 Å². The van der Waals surface area contributed by atoms with Gasteiger partial charge >= 0.3 is 6.18 Å². The Kier molecular flexibility index (Phi) is 4.37. The summed E-state index contributed by atoms with van der Waals surface area (Å²) in [6.45, 7) is 2.45. The van der Waals surface area contributed by atoms with Crippen molar-refractivity contribution in [2.24, 2.45) is 0 Å². The van der Waals surface area contributed by atoms with Crippen LogP contribution in [0.15, 0.2) is 18.5 Å². The van der Waals surface area contributed by atoms with Crippen molar-refractivity contribution in [2.45, 2.75) is 31.3 Å². The maximum absolute atomic E-state index is 12.6. The molecular formula is C12H14ClF3N4. The Labute approximate surface area is 118 Å². The predicted molar refractivity (Wildman–Crippen MR) is 71.0 cm³/mol. The lowest BCUT2D eigenvalue weighted by atomic mass is 10.2. The van der Waals surface area contributed by atoms with Crippen molar-refractivity contribution in [3.63, 3.8) is 0 Å². The summed E-state index contributed by atoms with van der Waals surface area (Å²) in [6.07, 6.45) is 0.0646. The van der Waals surface area contributed by atoms with Crippen LogP contribution in [0.25, 0.3) is 5.52 Å². The van der Waals surface area contributed by atoms with Gasteiger partial charge < -0.3 is 5.32 Å². The molecule has 2 heterocycles. The first kappa shape index (κ1) is 14.9. The molecule has 0 bridgehead atoms. The summed E-state index contributed by atoms with van der Waals surface area (Å²) in [5.74, 6) is 0.345. The number of alkyl halides is 4. The van der Waals surface area contributed by atoms with Gasteiger partial charge in [0.25, 0.3) is 0 Å². The molecule has 0 fully saturated rings. The van der Waals surface area contributed by atoms with E-state index in [0.29, 0.717) is 12.4 Å². The molecule has 4 nitrogen and oxygen atoms in total. The molecule has 1 atom stereocenters. The van der Waals surface area contributed by atoms with Crippen LogP contribution in [0.4, 0.5) is 19.0 Å². The van der Waals surface area contributed by atoms with E-state index in [9.17, 15) is 13.2 Å². The molecule has 2 aromatic heterocycles. The van der Waals surface area contributed by atoms with Crippen LogP contribution in [-0.4, -0.2) is 26.5 Å². The number of nitrogens with one attached hydrogen (secondary N) is 1. The van der Waals surface area contributed by atoms with Gasteiger partial charge in [0, 0.05) is 25.0 Å². The van der Waals surface area contributed by atoms with E-state index in [1.807, 2.05) is 6.92 Å². The highest BCUT2D eigenvalue weighted by molar-refractivity contribution is 6.20. The molecule has 0 aliphatic carbocycles. The first-order valence-corrected chi connectivity index (χ1v) is 6.65. The first-order valence-electron chi connectivity index (χ1n) is 6.21. The number of anilines is 1. The second kappa shape index (κ2) is 5.87. The van der Waals surface area contributed by atoms with E-state index >= 15 is 0 Å². The standard InChI is InChI=1S/C12H14ClF3N4/c1-2-3-8(13)7-18-11-9-6-10(12(14,15)16)19-20(9)5-4-17-11/h4-6,8H,2-3,7H2,1H3,(H,17,18). The molecule has 0 spiro atoms. The van der Waals surface area contributed by atoms with Crippen molar-refractivity contribution in [3.05, 3.63) is 24.2 Å². The molecule has 8 heteroatoms. The van der Waals surface area contributed by atoms with Crippen molar-refractivity contribution < 1.29 is 13.2 Å². The SMILES string of the molecule is CCCC(Cl)CNc1nccn2nc(C(F)(F)F)cc12. The third-order valence-corrected chi connectivity index (χ3v) is 3.15. The van der Waals surface area contributed by atoms with E-state index in [4.69, 9.17) is 11.6 Å². The smallest absolute Gasteiger partial charge is 0.367 e. The molecule has 0 aromatic carbocycles. The zero-order chi connectivity index (χ0) is 14.8. The van der Waals surface area contributed by atoms with Gasteiger partial charge in [-0.25, -0.2) is 9.50 Å². The molecule has 0 saturated carbocycles. The lowest BCUT2D eigenvalue weighted by Gasteiger charge is -2.10. The minimum atomic E-state index is -4.47. The molecule has 2 aromatic rings. The second-order valence-electron chi connectivity index (χ2n) is 4.40. The average Bonchev–Trinajstić information content (AvgIpc) is 2.81. The van der Waals surface area contributed by atoms with Crippen LogP contribution in [0.2, 0.25) is 0 Å². The third kappa shape index (κ3) is 3.33. The van der Waals surface area contributed by atoms with E-state index in [1.165, 1.54) is 12.4 Å². The minimum Gasteiger partial charge on any atom is -0.367 e. The van der Waals surface area contributed by atoms with E-state index in [-0.39, 0.29) is 10.9 Å². The fourth-order valence-electron chi connectivity index (χ4n) is 1.82. The van der Waals surface area contributed by atoms with Crippen molar-refractivity contribution in [2.75, 3.05) is 11.9 Å². The van der Waals surface area contributed by atoms with Gasteiger partial charge in [-0.15, -0.1) is 11.6 Å². The number of nitrogens with zero attached hydrogens (tertiary/aromatic N) is 3. The summed E-state index contributed by atoms with van der Waals surface area (Å²) < 4.78 is 39.1. The van der Waals surface area contributed by atoms with Gasteiger partial charge in [0.2, 0.25) is 0 Å². The normalized spacial score (nSPS) is 13.7. The van der Waals surface area contributed by atoms with E-state index < -0.39 is 11.9 Å². The van der Waals surface area contributed by atoms with E-state index in [0.717, 1.165) is 23.4 Å². The molecule has 0 radical (unpaired) electrons. The van der Waals surface area contributed by atoms with Crippen LogP contribution in [-0.2, 0) is 6.18 Å². The van der Waals surface area contributed by atoms with Crippen LogP contribution in [0.5, 0.6) is 0 Å². The molecule has 0 aliphatic heterocycles. The summed E-state index contributed by atoms with van der Waals surface area (Å²) in [6, 6.07) is 0.971. The minimum absolute atomic E-state index is 0.0907. The molecule has 20 heavy (non-hydrogen) atoms. The number of aromatic nitrogens is 3. The Hall–Kier alpha value is -1.50. The largest absolute Gasteiger partial charge is 0.435 e. The fourth-order valence-corrected chi connectivity index (χ4v) is 2.11. The first-order chi connectivity index (χ1) is 9.41. The maximum atomic E-state index is 12.6. The lowest BCUT2D eigenvalue weighted by molar-refractivity contribution is -0.141. The number of hydrogen-bond donors (Lipinski definition) is 1. The number of rotatable bonds is 5. The summed E-state index contributed by atoms with van der Waals surface area (Å²) >= 11 is 6.07. The Balaban J connectivity index is 2.23. The van der Waals surface area contributed by atoms with Crippen LogP contribution >= 0.6 is 11.6 Å². The highest BCUT2D eigenvalue weighted by Gasteiger charge is 2.34. The molecule has 0 saturated heterocycles. The van der Waals surface area contributed by atoms with Gasteiger partial charge in [-0.3, -0.25) is 0 Å². The summed E-state index contributed by atoms with van der Waals surface area (Å²) in [5, 5.41) is 6.36. The summed E-state index contributed by atoms with van der Waals surface area (Å²) in [5.41, 5.74) is -0.662. The van der Waals surface area contributed by atoms with Crippen LogP contribution < -0.4 is 5.32 Å². The van der Waals surface area contributed by atoms with Crippen LogP contribution in [0, 0.1) is 0 Å². The molecule has 110 valence electrons. The van der Waals surface area contributed by atoms with Crippen molar-refractivity contribution in [3.8, 4) is 0 Å². The lowest BCUT2D eigenvalue weighted by Crippen LogP contribution is -2.15. The average molecular weight is 307 g/mol. The molecule has 2 rings (SSSR count). The van der Waals surface area contributed by atoms with Crippen molar-refractivity contribution in [1.29, 1.82) is 0 Å². The quantitative estimate of drug-likeness (QED) is 0.859. The van der Waals surface area contributed by atoms with Gasteiger partial charge in [-0.1, -0.05) is 13.3 Å². The number of fused-ring (bicyclic) bond motifs is 1. The van der Waals surface area contributed by atoms with E-state index in [1.54, 1.807) is 0 Å². The molecule has 1 unspecified atom stereocenters. The van der Waals surface area contributed by atoms with Gasteiger partial charge in [-0.2, -0.15) is 18.3 Å². The maximum Gasteiger partial charge on any atom is 0.435 e. The Bertz CT molecular complexity index is 582. The third-order valence-electron chi connectivity index (χ3n) is 2.77. The highest BCUT2D eigenvalue weighted by Crippen LogP contribution is 2.30.